The third-order valence-electron chi connectivity index (χ3n) is 2.57. The minimum absolute atomic E-state index is 0.195. The Bertz CT molecular complexity index is 560. The fourth-order valence-corrected chi connectivity index (χ4v) is 2.17. The second-order valence-electron chi connectivity index (χ2n) is 3.73. The molecule has 2 rings (SSSR count). The Morgan fingerprint density at radius 2 is 2.29 bits per heavy atom. The Labute approximate surface area is 106 Å². The first-order valence-corrected chi connectivity index (χ1v) is 5.74. The van der Waals surface area contributed by atoms with Gasteiger partial charge in [0, 0.05) is 17.7 Å². The van der Waals surface area contributed by atoms with Gasteiger partial charge < -0.3 is 14.2 Å². The summed E-state index contributed by atoms with van der Waals surface area (Å²) < 4.78 is 4.14. The zero-order chi connectivity index (χ0) is 12.6. The molecule has 1 atom stereocenters. The summed E-state index contributed by atoms with van der Waals surface area (Å²) in [4.78, 5) is 11.1. The number of halogens is 1. The summed E-state index contributed by atoms with van der Waals surface area (Å²) in [5.41, 5.74) is 0.215. The smallest absolute Gasteiger partial charge is 0.352 e. The van der Waals surface area contributed by atoms with E-state index in [1.807, 2.05) is 14.0 Å². The summed E-state index contributed by atoms with van der Waals surface area (Å²) in [5, 5.41) is 16.9. The molecule has 0 saturated carbocycles. The lowest BCUT2D eigenvalue weighted by Crippen LogP contribution is -2.16. The second kappa shape index (κ2) is 4.33. The van der Waals surface area contributed by atoms with Crippen molar-refractivity contribution in [2.45, 2.75) is 13.0 Å². The Morgan fingerprint density at radius 3 is 2.82 bits per heavy atom. The topological polar surface area (TPSA) is 72.9 Å². The Morgan fingerprint density at radius 1 is 1.59 bits per heavy atom. The van der Waals surface area contributed by atoms with E-state index in [1.165, 1.54) is 0 Å². The van der Waals surface area contributed by atoms with Crippen molar-refractivity contribution in [2.75, 3.05) is 0 Å². The molecule has 0 fully saturated rings. The lowest BCUT2D eigenvalue weighted by Gasteiger charge is -2.14. The Hall–Kier alpha value is -1.63. The largest absolute Gasteiger partial charge is 0.477 e. The van der Waals surface area contributed by atoms with Gasteiger partial charge in [-0.1, -0.05) is 0 Å². The molecule has 17 heavy (non-hydrogen) atoms. The van der Waals surface area contributed by atoms with Gasteiger partial charge in [-0.15, -0.1) is 10.2 Å². The molecule has 0 aliphatic heterocycles. The van der Waals surface area contributed by atoms with Crippen molar-refractivity contribution < 1.29 is 9.90 Å². The van der Waals surface area contributed by atoms with E-state index in [-0.39, 0.29) is 11.7 Å². The first-order valence-electron chi connectivity index (χ1n) is 4.95. The van der Waals surface area contributed by atoms with E-state index in [0.717, 1.165) is 4.47 Å². The molecule has 0 saturated heterocycles. The maximum absolute atomic E-state index is 11.1. The van der Waals surface area contributed by atoms with E-state index >= 15 is 0 Å². The molecule has 0 radical (unpaired) electrons. The van der Waals surface area contributed by atoms with Gasteiger partial charge in [0.1, 0.15) is 12.0 Å². The minimum Gasteiger partial charge on any atom is -0.477 e. The molecular formula is C10H11BrN4O2. The monoisotopic (exact) mass is 298 g/mol. The summed E-state index contributed by atoms with van der Waals surface area (Å²) in [6.45, 7) is 1.88. The average molecular weight is 299 g/mol. The van der Waals surface area contributed by atoms with Crippen LogP contribution >= 0.6 is 15.9 Å². The molecular weight excluding hydrogens is 288 g/mol. The molecule has 0 spiro atoms. The fourth-order valence-electron chi connectivity index (χ4n) is 1.73. The fraction of sp³-hybridized carbons (Fsp3) is 0.300. The number of carbonyl (C=O) groups is 1. The highest BCUT2D eigenvalue weighted by Crippen LogP contribution is 2.23. The molecule has 0 amide bonds. The van der Waals surface area contributed by atoms with Crippen LogP contribution in [0.25, 0.3) is 0 Å². The molecule has 1 N–H and O–H groups in total. The second-order valence-corrected chi connectivity index (χ2v) is 4.65. The van der Waals surface area contributed by atoms with Crippen LogP contribution in [0, 0.1) is 0 Å². The molecule has 2 heterocycles. The Balaban J connectivity index is 2.47. The van der Waals surface area contributed by atoms with Crippen LogP contribution in [0.3, 0.4) is 0 Å². The van der Waals surface area contributed by atoms with Gasteiger partial charge in [-0.05, 0) is 28.9 Å². The number of rotatable bonds is 3. The molecule has 0 aliphatic rings. The molecule has 0 bridgehead atoms. The van der Waals surface area contributed by atoms with Crippen molar-refractivity contribution in [2.24, 2.45) is 7.05 Å². The molecule has 0 aliphatic carbocycles. The zero-order valence-electron chi connectivity index (χ0n) is 9.33. The van der Waals surface area contributed by atoms with E-state index < -0.39 is 5.97 Å². The number of aromatic nitrogens is 4. The molecule has 7 heteroatoms. The van der Waals surface area contributed by atoms with Crippen LogP contribution in [0.5, 0.6) is 0 Å². The van der Waals surface area contributed by atoms with Crippen LogP contribution < -0.4 is 0 Å². The highest BCUT2D eigenvalue weighted by atomic mass is 79.9. The molecule has 2 aromatic heterocycles. The third kappa shape index (κ3) is 2.10. The molecule has 90 valence electrons. The number of aryl methyl sites for hydroxylation is 1. The van der Waals surface area contributed by atoms with Gasteiger partial charge in [0.25, 0.3) is 0 Å². The first kappa shape index (κ1) is 11.8. The zero-order valence-corrected chi connectivity index (χ0v) is 10.9. The van der Waals surface area contributed by atoms with Crippen LogP contribution in [0.15, 0.2) is 23.1 Å². The summed E-state index contributed by atoms with van der Waals surface area (Å²) in [5.74, 6) is -0.264. The molecule has 6 nitrogen and oxygen atoms in total. The minimum atomic E-state index is -0.968. The standard InChI is InChI=1S/C10H11BrN4O2/c1-6(9-13-12-5-14(9)2)15-4-7(11)3-8(15)10(16)17/h3-6H,1-2H3,(H,16,17). The van der Waals surface area contributed by atoms with Crippen LogP contribution in [0.2, 0.25) is 0 Å². The van der Waals surface area contributed by atoms with Crippen LogP contribution in [0.4, 0.5) is 0 Å². The van der Waals surface area contributed by atoms with Crippen LogP contribution in [-0.2, 0) is 7.05 Å². The van der Waals surface area contributed by atoms with Crippen molar-refractivity contribution in [1.29, 1.82) is 0 Å². The van der Waals surface area contributed by atoms with Crippen molar-refractivity contribution in [3.63, 3.8) is 0 Å². The SMILES string of the molecule is CC(c1nncn1C)n1cc(Br)cc1C(=O)O. The van der Waals surface area contributed by atoms with Crippen molar-refractivity contribution in [3.05, 3.63) is 34.6 Å². The highest BCUT2D eigenvalue weighted by molar-refractivity contribution is 9.10. The highest BCUT2D eigenvalue weighted by Gasteiger charge is 2.20. The number of hydrogen-bond acceptors (Lipinski definition) is 3. The normalized spacial score (nSPS) is 12.6. The summed E-state index contributed by atoms with van der Waals surface area (Å²) in [7, 11) is 1.82. The molecule has 1 unspecified atom stereocenters. The van der Waals surface area contributed by atoms with E-state index in [0.29, 0.717) is 5.82 Å². The van der Waals surface area contributed by atoms with Gasteiger partial charge in [0.05, 0.1) is 6.04 Å². The van der Waals surface area contributed by atoms with Gasteiger partial charge in [-0.2, -0.15) is 0 Å². The number of carboxylic acids is 1. The van der Waals surface area contributed by atoms with E-state index in [1.54, 1.807) is 27.7 Å². The Kier molecular flexibility index (Phi) is 3.01. The van der Waals surface area contributed by atoms with E-state index in [9.17, 15) is 4.79 Å². The van der Waals surface area contributed by atoms with E-state index in [4.69, 9.17) is 5.11 Å². The lowest BCUT2D eigenvalue weighted by atomic mass is 10.3. The quantitative estimate of drug-likeness (QED) is 0.936. The molecule has 0 aromatic carbocycles. The predicted octanol–water partition coefficient (Wildman–Crippen LogP) is 1.69. The summed E-state index contributed by atoms with van der Waals surface area (Å²) in [6, 6.07) is 1.37. The summed E-state index contributed by atoms with van der Waals surface area (Å²) >= 11 is 3.27. The maximum Gasteiger partial charge on any atom is 0.352 e. The number of aromatic carboxylic acids is 1. The van der Waals surface area contributed by atoms with Crippen LogP contribution in [0.1, 0.15) is 29.3 Å². The number of hydrogen-bond donors (Lipinski definition) is 1. The van der Waals surface area contributed by atoms with Gasteiger partial charge in [-0.25, -0.2) is 4.79 Å². The first-order chi connectivity index (χ1) is 8.00. The van der Waals surface area contributed by atoms with Crippen molar-refractivity contribution >= 4 is 21.9 Å². The average Bonchev–Trinajstić information content (AvgIpc) is 2.83. The third-order valence-corrected chi connectivity index (χ3v) is 3.01. The number of carboxylic acid groups (broad SMARTS) is 1. The lowest BCUT2D eigenvalue weighted by molar-refractivity contribution is 0.0684. The van der Waals surface area contributed by atoms with Crippen LogP contribution in [-0.4, -0.2) is 30.4 Å². The van der Waals surface area contributed by atoms with Gasteiger partial charge >= 0.3 is 5.97 Å². The van der Waals surface area contributed by atoms with Crippen molar-refractivity contribution in [1.82, 2.24) is 19.3 Å². The van der Waals surface area contributed by atoms with Gasteiger partial charge in [0.15, 0.2) is 5.82 Å². The predicted molar refractivity (Wildman–Crippen MR) is 63.9 cm³/mol. The summed E-state index contributed by atoms with van der Waals surface area (Å²) in [6.07, 6.45) is 3.31. The molecule has 2 aromatic rings. The number of nitrogens with zero attached hydrogens (tertiary/aromatic N) is 4. The van der Waals surface area contributed by atoms with Gasteiger partial charge in [-0.3, -0.25) is 0 Å². The van der Waals surface area contributed by atoms with Crippen molar-refractivity contribution in [3.8, 4) is 0 Å². The van der Waals surface area contributed by atoms with Gasteiger partial charge in [0.2, 0.25) is 0 Å². The maximum atomic E-state index is 11.1. The van der Waals surface area contributed by atoms with E-state index in [2.05, 4.69) is 26.1 Å².